The number of hydrogen-bond acceptors (Lipinski definition) is 6. The van der Waals surface area contributed by atoms with Gasteiger partial charge in [0.05, 0.1) is 17.4 Å². The summed E-state index contributed by atoms with van der Waals surface area (Å²) in [6.07, 6.45) is 0. The molecular weight excluding hydrogens is 340 g/mol. The Bertz CT molecular complexity index is 781. The Labute approximate surface area is 141 Å². The van der Waals surface area contributed by atoms with Crippen molar-refractivity contribution >= 4 is 35.0 Å². The summed E-state index contributed by atoms with van der Waals surface area (Å²) in [5.41, 5.74) is 0.508. The number of nitrogens with one attached hydrogen (secondary N) is 2. The van der Waals surface area contributed by atoms with E-state index >= 15 is 0 Å². The van der Waals surface area contributed by atoms with Gasteiger partial charge in [0.2, 0.25) is 5.91 Å². The van der Waals surface area contributed by atoms with Crippen molar-refractivity contribution in [3.8, 4) is 5.75 Å². The van der Waals surface area contributed by atoms with Crippen molar-refractivity contribution in [2.75, 3.05) is 12.4 Å². The zero-order chi connectivity index (χ0) is 17.0. The molecule has 1 amide bonds. The zero-order valence-electron chi connectivity index (χ0n) is 12.7. The lowest BCUT2D eigenvalue weighted by Gasteiger charge is -2.12. The molecule has 1 atom stereocenters. The molecule has 0 spiro atoms. The third-order valence-electron chi connectivity index (χ3n) is 2.92. The van der Waals surface area contributed by atoms with Gasteiger partial charge in [-0.25, -0.2) is 0 Å². The first-order valence-electron chi connectivity index (χ1n) is 6.65. The minimum absolute atomic E-state index is 0.251. The maximum absolute atomic E-state index is 12.2. The first-order chi connectivity index (χ1) is 10.9. The Morgan fingerprint density at radius 3 is 2.78 bits per heavy atom. The van der Waals surface area contributed by atoms with Crippen molar-refractivity contribution in [3.05, 3.63) is 39.3 Å². The number of nitrogens with zero attached hydrogens (tertiary/aromatic N) is 2. The Morgan fingerprint density at radius 1 is 1.43 bits per heavy atom. The molecule has 0 unspecified atom stereocenters. The van der Waals surface area contributed by atoms with E-state index in [0.717, 1.165) is 11.8 Å². The van der Waals surface area contributed by atoms with Crippen LogP contribution in [0, 0.1) is 6.92 Å². The van der Waals surface area contributed by atoms with Crippen LogP contribution in [0.3, 0.4) is 0 Å². The van der Waals surface area contributed by atoms with Crippen LogP contribution < -0.4 is 15.6 Å². The second kappa shape index (κ2) is 7.47. The van der Waals surface area contributed by atoms with Crippen LogP contribution in [0.5, 0.6) is 5.75 Å². The van der Waals surface area contributed by atoms with Crippen molar-refractivity contribution in [2.45, 2.75) is 24.3 Å². The van der Waals surface area contributed by atoms with E-state index in [-0.39, 0.29) is 22.3 Å². The van der Waals surface area contributed by atoms with E-state index < -0.39 is 5.25 Å². The summed E-state index contributed by atoms with van der Waals surface area (Å²) in [6.45, 7) is 3.26. The molecule has 0 aliphatic rings. The number of thioether (sulfide) groups is 1. The van der Waals surface area contributed by atoms with Crippen LogP contribution in [0.1, 0.15) is 12.6 Å². The highest BCUT2D eigenvalue weighted by Crippen LogP contribution is 2.28. The molecule has 0 bridgehead atoms. The Balaban J connectivity index is 2.03. The predicted octanol–water partition coefficient (Wildman–Crippen LogP) is 2.25. The van der Waals surface area contributed by atoms with Crippen molar-refractivity contribution < 1.29 is 9.53 Å². The summed E-state index contributed by atoms with van der Waals surface area (Å²) in [5.74, 6) is 0.277. The van der Waals surface area contributed by atoms with E-state index in [4.69, 9.17) is 16.3 Å². The smallest absolute Gasteiger partial charge is 0.273 e. The monoisotopic (exact) mass is 354 g/mol. The van der Waals surface area contributed by atoms with Gasteiger partial charge in [-0.05, 0) is 32.0 Å². The average Bonchev–Trinajstić information content (AvgIpc) is 2.51. The average molecular weight is 355 g/mol. The van der Waals surface area contributed by atoms with E-state index in [9.17, 15) is 9.59 Å². The highest BCUT2D eigenvalue weighted by Gasteiger charge is 2.17. The maximum Gasteiger partial charge on any atom is 0.273 e. The molecule has 1 aromatic heterocycles. The number of aryl methyl sites for hydroxylation is 1. The lowest BCUT2D eigenvalue weighted by atomic mass is 10.3. The molecule has 0 fully saturated rings. The van der Waals surface area contributed by atoms with E-state index in [0.29, 0.717) is 16.5 Å². The van der Waals surface area contributed by atoms with E-state index in [1.54, 1.807) is 32.0 Å². The first-order valence-corrected chi connectivity index (χ1v) is 7.91. The molecule has 0 saturated heterocycles. The number of rotatable bonds is 5. The number of benzene rings is 1. The fourth-order valence-corrected chi connectivity index (χ4v) is 2.64. The summed E-state index contributed by atoms with van der Waals surface area (Å²) in [4.78, 5) is 26.2. The van der Waals surface area contributed by atoms with Gasteiger partial charge in [0.25, 0.3) is 5.56 Å². The second-order valence-corrected chi connectivity index (χ2v) is 6.38. The highest BCUT2D eigenvalue weighted by atomic mass is 35.5. The Kier molecular flexibility index (Phi) is 5.62. The highest BCUT2D eigenvalue weighted by molar-refractivity contribution is 8.00. The fourth-order valence-electron chi connectivity index (χ4n) is 1.64. The molecule has 1 aromatic carbocycles. The molecule has 1 heterocycles. The van der Waals surface area contributed by atoms with Gasteiger partial charge in [-0.15, -0.1) is 10.2 Å². The number of amides is 1. The Morgan fingerprint density at radius 2 is 2.17 bits per heavy atom. The third-order valence-corrected chi connectivity index (χ3v) is 4.19. The largest absolute Gasteiger partial charge is 0.495 e. The molecule has 0 radical (unpaired) electrons. The topological polar surface area (TPSA) is 97.0 Å². The standard InChI is InChI=1S/C14H15ClN4O3S/c1-7-12(20)17-14(19-18-7)23-8(2)13(21)16-9-4-5-11(22-3)10(15)6-9/h4-6,8H,1-3H3,(H,16,21)(H,17,19,20)/t8-/m1/s1. The van der Waals surface area contributed by atoms with Gasteiger partial charge in [0.15, 0.2) is 5.16 Å². The quantitative estimate of drug-likeness (QED) is 0.799. The minimum Gasteiger partial charge on any atom is -0.495 e. The van der Waals surface area contributed by atoms with Gasteiger partial charge in [-0.1, -0.05) is 23.4 Å². The van der Waals surface area contributed by atoms with Crippen LogP contribution in [0.25, 0.3) is 0 Å². The number of halogens is 1. The molecule has 2 N–H and O–H groups in total. The summed E-state index contributed by atoms with van der Waals surface area (Å²) in [5, 5.41) is 10.5. The van der Waals surface area contributed by atoms with Gasteiger partial charge < -0.3 is 10.1 Å². The van der Waals surface area contributed by atoms with E-state index in [1.807, 2.05) is 0 Å². The molecule has 23 heavy (non-hydrogen) atoms. The number of anilines is 1. The molecule has 2 rings (SSSR count). The van der Waals surface area contributed by atoms with Crippen LogP contribution in [0.15, 0.2) is 28.2 Å². The number of carbonyl (C=O) groups excluding carboxylic acids is 1. The molecule has 0 aliphatic carbocycles. The molecule has 0 aliphatic heterocycles. The number of ether oxygens (including phenoxy) is 1. The molecular formula is C14H15ClN4O3S. The summed E-state index contributed by atoms with van der Waals surface area (Å²) in [7, 11) is 1.52. The summed E-state index contributed by atoms with van der Waals surface area (Å²) in [6, 6.07) is 4.95. The molecule has 9 heteroatoms. The maximum atomic E-state index is 12.2. The first kappa shape index (κ1) is 17.3. The van der Waals surface area contributed by atoms with Crippen molar-refractivity contribution in [1.29, 1.82) is 0 Å². The van der Waals surface area contributed by atoms with Crippen molar-refractivity contribution in [2.24, 2.45) is 0 Å². The number of aromatic nitrogens is 3. The number of H-pyrrole nitrogens is 1. The number of carbonyl (C=O) groups is 1. The zero-order valence-corrected chi connectivity index (χ0v) is 14.3. The minimum atomic E-state index is -0.483. The lowest BCUT2D eigenvalue weighted by Crippen LogP contribution is -2.23. The molecule has 122 valence electrons. The van der Waals surface area contributed by atoms with Gasteiger partial charge in [-0.2, -0.15) is 0 Å². The van der Waals surface area contributed by atoms with E-state index in [2.05, 4.69) is 20.5 Å². The number of hydrogen-bond donors (Lipinski definition) is 2. The summed E-state index contributed by atoms with van der Waals surface area (Å²) >= 11 is 7.12. The summed E-state index contributed by atoms with van der Waals surface area (Å²) < 4.78 is 5.05. The molecule has 0 saturated carbocycles. The van der Waals surface area contributed by atoms with Crippen LogP contribution in [-0.4, -0.2) is 33.4 Å². The van der Waals surface area contributed by atoms with Gasteiger partial charge in [0, 0.05) is 5.69 Å². The van der Waals surface area contributed by atoms with Gasteiger partial charge >= 0.3 is 0 Å². The van der Waals surface area contributed by atoms with Gasteiger partial charge in [0.1, 0.15) is 11.4 Å². The van der Waals surface area contributed by atoms with Crippen LogP contribution in [0.4, 0.5) is 5.69 Å². The predicted molar refractivity (Wildman–Crippen MR) is 89.3 cm³/mol. The molecule has 2 aromatic rings. The lowest BCUT2D eigenvalue weighted by molar-refractivity contribution is -0.115. The molecule has 7 nitrogen and oxygen atoms in total. The number of aromatic amines is 1. The van der Waals surface area contributed by atoms with Crippen LogP contribution in [-0.2, 0) is 4.79 Å². The number of methoxy groups -OCH3 is 1. The van der Waals surface area contributed by atoms with Gasteiger partial charge in [-0.3, -0.25) is 14.6 Å². The Hall–Kier alpha value is -2.06. The van der Waals surface area contributed by atoms with Crippen LogP contribution >= 0.6 is 23.4 Å². The normalized spacial score (nSPS) is 11.8. The van der Waals surface area contributed by atoms with Crippen molar-refractivity contribution in [3.63, 3.8) is 0 Å². The second-order valence-electron chi connectivity index (χ2n) is 4.64. The SMILES string of the molecule is COc1ccc(NC(=O)[C@@H](C)Sc2nnc(C)c(=O)[nH]2)cc1Cl. The van der Waals surface area contributed by atoms with Crippen molar-refractivity contribution in [1.82, 2.24) is 15.2 Å². The van der Waals surface area contributed by atoms with Crippen LogP contribution in [0.2, 0.25) is 5.02 Å². The van der Waals surface area contributed by atoms with E-state index in [1.165, 1.54) is 7.11 Å². The fraction of sp³-hybridized carbons (Fsp3) is 0.286. The third kappa shape index (κ3) is 4.46.